The van der Waals surface area contributed by atoms with E-state index in [0.29, 0.717) is 5.75 Å². The van der Waals surface area contributed by atoms with Crippen LogP contribution in [0.1, 0.15) is 20.3 Å². The zero-order valence-corrected chi connectivity index (χ0v) is 18.2. The van der Waals surface area contributed by atoms with Crippen molar-refractivity contribution in [3.8, 4) is 0 Å². The Labute approximate surface area is 180 Å². The predicted molar refractivity (Wildman–Crippen MR) is 113 cm³/mol. The molecule has 0 saturated carbocycles. The van der Waals surface area contributed by atoms with E-state index in [0.717, 1.165) is 12.2 Å². The van der Waals surface area contributed by atoms with Gasteiger partial charge in [0.05, 0.1) is 25.8 Å². The van der Waals surface area contributed by atoms with Gasteiger partial charge < -0.3 is 25.8 Å². The SMILES string of the molecule is C=CC(=O)N1CN(C(=O)C=C)CN(C(=O)CCSCC(=O)N[C@H](C(N)=O)C(C)C)C1. The smallest absolute Gasteiger partial charge is 0.248 e. The maximum atomic E-state index is 12.5. The van der Waals surface area contributed by atoms with Gasteiger partial charge in [-0.25, -0.2) is 0 Å². The van der Waals surface area contributed by atoms with Gasteiger partial charge in [0.15, 0.2) is 0 Å². The molecule has 5 amide bonds. The summed E-state index contributed by atoms with van der Waals surface area (Å²) in [6.45, 7) is 10.5. The topological polar surface area (TPSA) is 133 Å². The minimum atomic E-state index is -0.741. The first-order valence-electron chi connectivity index (χ1n) is 9.37. The second-order valence-electron chi connectivity index (χ2n) is 7.02. The average molecular weight is 440 g/mol. The molecule has 1 atom stereocenters. The lowest BCUT2D eigenvalue weighted by atomic mass is 10.0. The number of nitrogens with one attached hydrogen (secondary N) is 1. The highest BCUT2D eigenvalue weighted by Gasteiger charge is 2.30. The molecule has 1 fully saturated rings. The van der Waals surface area contributed by atoms with Crippen LogP contribution >= 0.6 is 11.8 Å². The van der Waals surface area contributed by atoms with Crippen molar-refractivity contribution in [1.29, 1.82) is 0 Å². The first kappa shape index (κ1) is 25.2. The normalized spacial score (nSPS) is 14.8. The van der Waals surface area contributed by atoms with Crippen LogP contribution in [0.2, 0.25) is 0 Å². The minimum Gasteiger partial charge on any atom is -0.368 e. The summed E-state index contributed by atoms with van der Waals surface area (Å²) in [4.78, 5) is 63.8. The van der Waals surface area contributed by atoms with E-state index in [1.54, 1.807) is 13.8 Å². The zero-order chi connectivity index (χ0) is 22.8. The largest absolute Gasteiger partial charge is 0.368 e. The first-order valence-corrected chi connectivity index (χ1v) is 10.5. The number of primary amides is 1. The molecule has 1 saturated heterocycles. The van der Waals surface area contributed by atoms with Gasteiger partial charge >= 0.3 is 0 Å². The van der Waals surface area contributed by atoms with Gasteiger partial charge in [-0.3, -0.25) is 24.0 Å². The van der Waals surface area contributed by atoms with Crippen LogP contribution in [-0.2, 0) is 24.0 Å². The Bertz CT molecular complexity index is 683. The van der Waals surface area contributed by atoms with Crippen molar-refractivity contribution < 1.29 is 24.0 Å². The standard InChI is InChI=1S/C19H29N5O5S/c1-5-15(26)22-10-23(16(27)6-2)12-24(11-22)17(28)7-8-30-9-14(25)21-18(13(3)4)19(20)29/h5-6,13,18H,1-2,7-12H2,3-4H3,(H2,20,29)(H,21,25)/t18-/m0/s1. The zero-order valence-electron chi connectivity index (χ0n) is 17.3. The number of nitrogens with zero attached hydrogens (tertiary/aromatic N) is 3. The Morgan fingerprint density at radius 2 is 1.50 bits per heavy atom. The van der Waals surface area contributed by atoms with E-state index in [1.807, 2.05) is 0 Å². The summed E-state index contributed by atoms with van der Waals surface area (Å²) >= 11 is 1.24. The van der Waals surface area contributed by atoms with E-state index in [9.17, 15) is 24.0 Å². The van der Waals surface area contributed by atoms with Crippen molar-refractivity contribution in [3.63, 3.8) is 0 Å². The number of thioether (sulfide) groups is 1. The third-order valence-electron chi connectivity index (χ3n) is 4.33. The molecule has 1 rings (SSSR count). The van der Waals surface area contributed by atoms with Crippen molar-refractivity contribution in [2.75, 3.05) is 31.5 Å². The van der Waals surface area contributed by atoms with Crippen LogP contribution < -0.4 is 11.1 Å². The Morgan fingerprint density at radius 1 is 1.00 bits per heavy atom. The number of hydrogen-bond acceptors (Lipinski definition) is 6. The summed E-state index contributed by atoms with van der Waals surface area (Å²) in [7, 11) is 0. The molecule has 3 N–H and O–H groups in total. The summed E-state index contributed by atoms with van der Waals surface area (Å²) in [5, 5.41) is 2.58. The maximum Gasteiger partial charge on any atom is 0.248 e. The van der Waals surface area contributed by atoms with Crippen LogP contribution in [0.3, 0.4) is 0 Å². The van der Waals surface area contributed by atoms with Crippen LogP contribution in [0.5, 0.6) is 0 Å². The van der Waals surface area contributed by atoms with Crippen molar-refractivity contribution in [3.05, 3.63) is 25.3 Å². The molecule has 0 spiro atoms. The Kier molecular flexibility index (Phi) is 10.1. The molecule has 0 aromatic heterocycles. The van der Waals surface area contributed by atoms with E-state index in [2.05, 4.69) is 18.5 Å². The summed E-state index contributed by atoms with van der Waals surface area (Å²) in [6, 6.07) is -0.741. The molecule has 0 aromatic rings. The lowest BCUT2D eigenvalue weighted by Gasteiger charge is -2.41. The van der Waals surface area contributed by atoms with Gasteiger partial charge in [-0.1, -0.05) is 27.0 Å². The van der Waals surface area contributed by atoms with E-state index < -0.39 is 23.8 Å². The van der Waals surface area contributed by atoms with Crippen molar-refractivity contribution in [2.45, 2.75) is 26.3 Å². The van der Waals surface area contributed by atoms with E-state index in [1.165, 1.54) is 26.5 Å². The number of hydrogen-bond donors (Lipinski definition) is 2. The van der Waals surface area contributed by atoms with Crippen LogP contribution in [0.4, 0.5) is 0 Å². The molecule has 1 aliphatic rings. The molecule has 0 bridgehead atoms. The second-order valence-corrected chi connectivity index (χ2v) is 8.12. The van der Waals surface area contributed by atoms with Gasteiger partial charge in [0.25, 0.3) is 0 Å². The van der Waals surface area contributed by atoms with E-state index in [-0.39, 0.29) is 49.9 Å². The molecule has 0 unspecified atom stereocenters. The fourth-order valence-electron chi connectivity index (χ4n) is 2.71. The van der Waals surface area contributed by atoms with Gasteiger partial charge in [-0.2, -0.15) is 11.8 Å². The van der Waals surface area contributed by atoms with Gasteiger partial charge in [0.2, 0.25) is 29.5 Å². The summed E-state index contributed by atoms with van der Waals surface area (Å²) in [5.74, 6) is -1.68. The van der Waals surface area contributed by atoms with Crippen LogP contribution in [0, 0.1) is 5.92 Å². The lowest BCUT2D eigenvalue weighted by molar-refractivity contribution is -0.154. The summed E-state index contributed by atoms with van der Waals surface area (Å²) < 4.78 is 0. The van der Waals surface area contributed by atoms with Gasteiger partial charge in [0, 0.05) is 12.2 Å². The highest BCUT2D eigenvalue weighted by Crippen LogP contribution is 2.12. The monoisotopic (exact) mass is 439 g/mol. The number of nitrogens with two attached hydrogens (primary N) is 1. The van der Waals surface area contributed by atoms with Crippen molar-refractivity contribution in [2.24, 2.45) is 11.7 Å². The number of carbonyl (C=O) groups excluding carboxylic acids is 5. The van der Waals surface area contributed by atoms with Crippen LogP contribution in [0.15, 0.2) is 25.3 Å². The molecule has 10 nitrogen and oxygen atoms in total. The number of carbonyl (C=O) groups is 5. The molecule has 0 aromatic carbocycles. The Hall–Kier alpha value is -2.82. The van der Waals surface area contributed by atoms with Gasteiger partial charge in [-0.05, 0) is 18.1 Å². The molecule has 11 heteroatoms. The minimum absolute atomic E-state index is 0.0461. The fourth-order valence-corrected chi connectivity index (χ4v) is 3.44. The van der Waals surface area contributed by atoms with E-state index in [4.69, 9.17) is 5.73 Å². The molecule has 1 aliphatic heterocycles. The average Bonchev–Trinajstić information content (AvgIpc) is 2.72. The number of amides is 5. The molecule has 166 valence electrons. The Balaban J connectivity index is 2.54. The summed E-state index contributed by atoms with van der Waals surface area (Å²) in [5.41, 5.74) is 5.27. The molecular formula is C19H29N5O5S. The Morgan fingerprint density at radius 3 is 1.93 bits per heavy atom. The highest BCUT2D eigenvalue weighted by atomic mass is 32.2. The first-order chi connectivity index (χ1) is 14.1. The van der Waals surface area contributed by atoms with Crippen LogP contribution in [0.25, 0.3) is 0 Å². The molecule has 30 heavy (non-hydrogen) atoms. The molecule has 0 radical (unpaired) electrons. The van der Waals surface area contributed by atoms with E-state index >= 15 is 0 Å². The third-order valence-corrected chi connectivity index (χ3v) is 5.29. The van der Waals surface area contributed by atoms with Crippen molar-refractivity contribution in [1.82, 2.24) is 20.0 Å². The van der Waals surface area contributed by atoms with Gasteiger partial charge in [-0.15, -0.1) is 0 Å². The fraction of sp³-hybridized carbons (Fsp3) is 0.526. The van der Waals surface area contributed by atoms with Gasteiger partial charge in [0.1, 0.15) is 6.04 Å². The highest BCUT2D eigenvalue weighted by molar-refractivity contribution is 7.99. The second kappa shape index (κ2) is 12.0. The quantitative estimate of drug-likeness (QED) is 0.348. The third kappa shape index (κ3) is 7.54. The van der Waals surface area contributed by atoms with Crippen molar-refractivity contribution >= 4 is 41.3 Å². The molecular weight excluding hydrogens is 410 g/mol. The van der Waals surface area contributed by atoms with Crippen LogP contribution in [-0.4, -0.2) is 81.8 Å². The lowest BCUT2D eigenvalue weighted by Crippen LogP contribution is -2.59. The molecule has 1 heterocycles. The maximum absolute atomic E-state index is 12.5. The summed E-state index contributed by atoms with van der Waals surface area (Å²) in [6.07, 6.45) is 2.36. The predicted octanol–water partition coefficient (Wildman–Crippen LogP) is -0.520. The molecule has 0 aliphatic carbocycles. The number of rotatable bonds is 10.